The summed E-state index contributed by atoms with van der Waals surface area (Å²) in [5.74, 6) is 0.876. The normalized spacial score (nSPS) is 17.3. The number of unbranched alkanes of at least 4 members (excludes halogenated alkanes) is 2. The molecule has 23 heavy (non-hydrogen) atoms. The third-order valence-electron chi connectivity index (χ3n) is 4.85. The summed E-state index contributed by atoms with van der Waals surface area (Å²) in [6, 6.07) is 14.9. The predicted molar refractivity (Wildman–Crippen MR) is 99.3 cm³/mol. The van der Waals surface area contributed by atoms with Gasteiger partial charge in [0.2, 0.25) is 0 Å². The standard InChI is InChI=1S/C22H27N/c1-2-3-5-10-19-12-16-22-20(17-19)13-15-21(23-22)14-11-18-8-6-4-7-9-18/h4,6-9,11,13-15,19H,2-3,5,10,12,16-17H2,1H3/b14-11-/t19-/m1/s1. The Labute approximate surface area is 140 Å². The highest BCUT2D eigenvalue weighted by Crippen LogP contribution is 2.28. The highest BCUT2D eigenvalue weighted by Gasteiger charge is 2.19. The Bertz CT molecular complexity index is 642. The molecule has 0 saturated heterocycles. The lowest BCUT2D eigenvalue weighted by atomic mass is 9.83. The highest BCUT2D eigenvalue weighted by molar-refractivity contribution is 5.68. The average molecular weight is 305 g/mol. The van der Waals surface area contributed by atoms with Gasteiger partial charge in [-0.15, -0.1) is 0 Å². The Morgan fingerprint density at radius 1 is 1.04 bits per heavy atom. The molecule has 1 nitrogen and oxygen atoms in total. The molecular weight excluding hydrogens is 278 g/mol. The molecule has 1 heterocycles. The molecule has 3 rings (SSSR count). The van der Waals surface area contributed by atoms with E-state index < -0.39 is 0 Å². The SMILES string of the molecule is CCCCC[C@@H]1CCc2nc(/C=C\c3ccccc3)ccc2C1. The van der Waals surface area contributed by atoms with Crippen molar-refractivity contribution in [3.05, 3.63) is 65.0 Å². The Kier molecular flexibility index (Phi) is 5.63. The van der Waals surface area contributed by atoms with Crippen LogP contribution in [0.2, 0.25) is 0 Å². The molecule has 1 aromatic carbocycles. The zero-order valence-electron chi connectivity index (χ0n) is 14.2. The second-order valence-corrected chi connectivity index (χ2v) is 6.69. The van der Waals surface area contributed by atoms with E-state index in [1.54, 1.807) is 0 Å². The van der Waals surface area contributed by atoms with Gasteiger partial charge in [0, 0.05) is 5.69 Å². The first-order chi connectivity index (χ1) is 11.3. The van der Waals surface area contributed by atoms with Crippen LogP contribution in [-0.4, -0.2) is 4.98 Å². The molecule has 0 aliphatic heterocycles. The number of rotatable bonds is 6. The minimum Gasteiger partial charge on any atom is -0.253 e. The first-order valence-electron chi connectivity index (χ1n) is 9.07. The van der Waals surface area contributed by atoms with Crippen LogP contribution in [-0.2, 0) is 12.8 Å². The Morgan fingerprint density at radius 3 is 2.74 bits per heavy atom. The quantitative estimate of drug-likeness (QED) is 0.602. The fraction of sp³-hybridized carbons (Fsp3) is 0.409. The first kappa shape index (κ1) is 16.0. The van der Waals surface area contributed by atoms with Crippen molar-refractivity contribution < 1.29 is 0 Å². The van der Waals surface area contributed by atoms with E-state index in [0.29, 0.717) is 0 Å². The molecule has 0 saturated carbocycles. The van der Waals surface area contributed by atoms with Crippen molar-refractivity contribution in [2.24, 2.45) is 5.92 Å². The van der Waals surface area contributed by atoms with E-state index >= 15 is 0 Å². The maximum Gasteiger partial charge on any atom is 0.0633 e. The van der Waals surface area contributed by atoms with Crippen molar-refractivity contribution in [1.29, 1.82) is 0 Å². The summed E-state index contributed by atoms with van der Waals surface area (Å²) < 4.78 is 0. The third kappa shape index (κ3) is 4.54. The van der Waals surface area contributed by atoms with Crippen LogP contribution in [0.5, 0.6) is 0 Å². The maximum atomic E-state index is 4.87. The summed E-state index contributed by atoms with van der Waals surface area (Å²) in [7, 11) is 0. The molecule has 120 valence electrons. The average Bonchev–Trinajstić information content (AvgIpc) is 2.61. The number of hydrogen-bond donors (Lipinski definition) is 0. The van der Waals surface area contributed by atoms with Crippen molar-refractivity contribution in [3.8, 4) is 0 Å². The molecule has 0 amide bonds. The number of benzene rings is 1. The number of aromatic nitrogens is 1. The lowest BCUT2D eigenvalue weighted by Gasteiger charge is -2.24. The van der Waals surface area contributed by atoms with Gasteiger partial charge in [-0.3, -0.25) is 4.98 Å². The molecule has 1 atom stereocenters. The highest BCUT2D eigenvalue weighted by atomic mass is 14.7. The molecule has 1 aromatic heterocycles. The second-order valence-electron chi connectivity index (χ2n) is 6.69. The van der Waals surface area contributed by atoms with Crippen LogP contribution in [0.15, 0.2) is 42.5 Å². The molecule has 2 aromatic rings. The van der Waals surface area contributed by atoms with E-state index in [-0.39, 0.29) is 0 Å². The van der Waals surface area contributed by atoms with Gasteiger partial charge in [-0.25, -0.2) is 0 Å². The van der Waals surface area contributed by atoms with Gasteiger partial charge >= 0.3 is 0 Å². The molecule has 0 unspecified atom stereocenters. The van der Waals surface area contributed by atoms with E-state index in [4.69, 9.17) is 4.98 Å². The van der Waals surface area contributed by atoms with Crippen LogP contribution < -0.4 is 0 Å². The summed E-state index contributed by atoms with van der Waals surface area (Å²) in [6.07, 6.45) is 13.5. The number of fused-ring (bicyclic) bond motifs is 1. The van der Waals surface area contributed by atoms with Gasteiger partial charge in [-0.05, 0) is 48.4 Å². The number of hydrogen-bond acceptors (Lipinski definition) is 1. The maximum absolute atomic E-state index is 4.87. The van der Waals surface area contributed by atoms with Gasteiger partial charge in [-0.2, -0.15) is 0 Å². The largest absolute Gasteiger partial charge is 0.253 e. The summed E-state index contributed by atoms with van der Waals surface area (Å²) in [5.41, 5.74) is 5.11. The van der Waals surface area contributed by atoms with Gasteiger partial charge in [0.15, 0.2) is 0 Å². The van der Waals surface area contributed by atoms with E-state index in [2.05, 4.69) is 55.5 Å². The van der Waals surface area contributed by atoms with Crippen LogP contribution in [0.3, 0.4) is 0 Å². The fourth-order valence-corrected chi connectivity index (χ4v) is 3.47. The Hall–Kier alpha value is -1.89. The van der Waals surface area contributed by atoms with Crippen molar-refractivity contribution in [1.82, 2.24) is 4.98 Å². The lowest BCUT2D eigenvalue weighted by Crippen LogP contribution is -2.15. The summed E-state index contributed by atoms with van der Waals surface area (Å²) >= 11 is 0. The number of pyridine rings is 1. The smallest absolute Gasteiger partial charge is 0.0633 e. The van der Waals surface area contributed by atoms with Crippen LogP contribution in [0.1, 0.15) is 61.5 Å². The number of nitrogens with zero attached hydrogens (tertiary/aromatic N) is 1. The molecule has 0 bridgehead atoms. The monoisotopic (exact) mass is 305 g/mol. The topological polar surface area (TPSA) is 12.9 Å². The molecule has 1 aliphatic rings. The van der Waals surface area contributed by atoms with Gasteiger partial charge in [0.1, 0.15) is 0 Å². The minimum atomic E-state index is 0.876. The summed E-state index contributed by atoms with van der Waals surface area (Å²) in [6.45, 7) is 2.28. The van der Waals surface area contributed by atoms with Crippen molar-refractivity contribution in [3.63, 3.8) is 0 Å². The Morgan fingerprint density at radius 2 is 1.91 bits per heavy atom. The second kappa shape index (κ2) is 8.10. The van der Waals surface area contributed by atoms with Crippen molar-refractivity contribution in [2.45, 2.75) is 51.9 Å². The van der Waals surface area contributed by atoms with Gasteiger partial charge in [0.25, 0.3) is 0 Å². The van der Waals surface area contributed by atoms with Crippen LogP contribution >= 0.6 is 0 Å². The Balaban J connectivity index is 1.64. The molecule has 0 N–H and O–H groups in total. The van der Waals surface area contributed by atoms with Gasteiger partial charge in [-0.1, -0.05) is 75.1 Å². The van der Waals surface area contributed by atoms with Crippen LogP contribution in [0, 0.1) is 5.92 Å². The molecule has 0 radical (unpaired) electrons. The first-order valence-corrected chi connectivity index (χ1v) is 9.07. The van der Waals surface area contributed by atoms with Crippen molar-refractivity contribution in [2.75, 3.05) is 0 Å². The molecule has 0 fully saturated rings. The van der Waals surface area contributed by atoms with Gasteiger partial charge in [0.05, 0.1) is 5.69 Å². The van der Waals surface area contributed by atoms with E-state index in [1.165, 1.54) is 55.3 Å². The molecule has 1 aliphatic carbocycles. The van der Waals surface area contributed by atoms with E-state index in [0.717, 1.165) is 18.0 Å². The molecule has 1 heteroatoms. The van der Waals surface area contributed by atoms with E-state index in [1.807, 2.05) is 6.07 Å². The van der Waals surface area contributed by atoms with E-state index in [9.17, 15) is 0 Å². The predicted octanol–water partition coefficient (Wildman–Crippen LogP) is 5.94. The lowest BCUT2D eigenvalue weighted by molar-refractivity contribution is 0.404. The van der Waals surface area contributed by atoms with Crippen molar-refractivity contribution >= 4 is 12.2 Å². The zero-order chi connectivity index (χ0) is 15.9. The number of aryl methyl sites for hydroxylation is 1. The van der Waals surface area contributed by atoms with Gasteiger partial charge < -0.3 is 0 Å². The molecular formula is C22H27N. The fourth-order valence-electron chi connectivity index (χ4n) is 3.47. The summed E-state index contributed by atoms with van der Waals surface area (Å²) in [5, 5.41) is 0. The summed E-state index contributed by atoms with van der Waals surface area (Å²) in [4.78, 5) is 4.87. The third-order valence-corrected chi connectivity index (χ3v) is 4.85. The zero-order valence-corrected chi connectivity index (χ0v) is 14.2. The minimum absolute atomic E-state index is 0.876. The van der Waals surface area contributed by atoms with Crippen LogP contribution in [0.25, 0.3) is 12.2 Å². The van der Waals surface area contributed by atoms with Crippen LogP contribution in [0.4, 0.5) is 0 Å². The molecule has 0 spiro atoms.